The molecule has 0 saturated carbocycles. The largest absolute Gasteiger partial charge is 0.481 e. The lowest BCUT2D eigenvalue weighted by atomic mass is 9.99. The van der Waals surface area contributed by atoms with Gasteiger partial charge in [-0.3, -0.25) is 9.59 Å². The van der Waals surface area contributed by atoms with Gasteiger partial charge in [-0.2, -0.15) is 0 Å². The number of hydrogen-bond acceptors (Lipinski definition) is 4. The molecule has 1 rings (SSSR count). The van der Waals surface area contributed by atoms with Crippen molar-refractivity contribution in [3.05, 3.63) is 0 Å². The van der Waals surface area contributed by atoms with Gasteiger partial charge in [0.2, 0.25) is 15.9 Å². The molecule has 1 aliphatic heterocycles. The molecule has 1 saturated heterocycles. The number of nitrogens with zero attached hydrogens (tertiary/aromatic N) is 1. The van der Waals surface area contributed by atoms with Gasteiger partial charge in [0.15, 0.2) is 0 Å². The average Bonchev–Trinajstić information content (AvgIpc) is 2.55. The van der Waals surface area contributed by atoms with Crippen LogP contribution in [0.1, 0.15) is 26.7 Å². The van der Waals surface area contributed by atoms with E-state index in [4.69, 9.17) is 10.2 Å². The lowest BCUT2D eigenvalue weighted by molar-refractivity contribution is -0.140. The summed E-state index contributed by atoms with van der Waals surface area (Å²) in [4.78, 5) is 23.9. The van der Waals surface area contributed by atoms with Crippen LogP contribution in [0.4, 0.5) is 0 Å². The van der Waals surface area contributed by atoms with Gasteiger partial charge < -0.3 is 10.0 Å². The van der Waals surface area contributed by atoms with Crippen LogP contribution in [-0.2, 0) is 19.6 Å². The molecule has 0 aromatic carbocycles. The molecule has 1 amide bonds. The lowest BCUT2D eigenvalue weighted by Gasteiger charge is -2.30. The molecule has 0 radical (unpaired) electrons. The molecule has 1 fully saturated rings. The maximum atomic E-state index is 11.8. The number of carbonyl (C=O) groups excluding carboxylic acids is 1. The van der Waals surface area contributed by atoms with Crippen LogP contribution in [-0.4, -0.2) is 48.1 Å². The number of rotatable bonds is 5. The van der Waals surface area contributed by atoms with Crippen molar-refractivity contribution in [2.24, 2.45) is 11.1 Å². The van der Waals surface area contributed by atoms with Crippen molar-refractivity contribution in [1.82, 2.24) is 4.90 Å². The van der Waals surface area contributed by atoms with E-state index in [2.05, 4.69) is 0 Å². The molecule has 0 bridgehead atoms. The van der Waals surface area contributed by atoms with Gasteiger partial charge >= 0.3 is 5.97 Å². The van der Waals surface area contributed by atoms with Crippen LogP contribution >= 0.6 is 0 Å². The van der Waals surface area contributed by atoms with Crippen molar-refractivity contribution >= 4 is 21.9 Å². The number of likely N-dealkylation sites (tertiary alicyclic amines) is 1. The minimum absolute atomic E-state index is 0.0200. The number of amides is 1. The lowest BCUT2D eigenvalue weighted by Crippen LogP contribution is -2.42. The third kappa shape index (κ3) is 3.42. The molecule has 1 aliphatic rings. The minimum Gasteiger partial charge on any atom is -0.481 e. The zero-order valence-electron chi connectivity index (χ0n) is 10.4. The monoisotopic (exact) mass is 278 g/mol. The topological polar surface area (TPSA) is 118 Å². The fraction of sp³-hybridized carbons (Fsp3) is 0.800. The Balaban J connectivity index is 2.88. The SMILES string of the molecule is CC(C)C(CC(=O)O)N1CC(S(N)(=O)=O)CC1=O. The predicted octanol–water partition coefficient (Wildman–Crippen LogP) is -0.625. The molecule has 2 atom stereocenters. The van der Waals surface area contributed by atoms with Crippen molar-refractivity contribution in [2.75, 3.05) is 6.54 Å². The summed E-state index contributed by atoms with van der Waals surface area (Å²) in [6.07, 6.45) is -0.359. The van der Waals surface area contributed by atoms with E-state index in [1.54, 1.807) is 13.8 Å². The highest BCUT2D eigenvalue weighted by atomic mass is 32.2. The van der Waals surface area contributed by atoms with Gasteiger partial charge in [-0.1, -0.05) is 13.8 Å². The van der Waals surface area contributed by atoms with Crippen molar-refractivity contribution in [2.45, 2.75) is 38.0 Å². The molecule has 2 unspecified atom stereocenters. The molecular formula is C10H18N2O5S. The zero-order valence-corrected chi connectivity index (χ0v) is 11.2. The first kappa shape index (κ1) is 14.9. The van der Waals surface area contributed by atoms with Crippen LogP contribution in [0.5, 0.6) is 0 Å². The smallest absolute Gasteiger partial charge is 0.305 e. The van der Waals surface area contributed by atoms with Crippen molar-refractivity contribution in [3.8, 4) is 0 Å². The van der Waals surface area contributed by atoms with E-state index in [0.29, 0.717) is 0 Å². The summed E-state index contributed by atoms with van der Waals surface area (Å²) in [5, 5.41) is 12.9. The molecule has 0 spiro atoms. The van der Waals surface area contributed by atoms with Crippen molar-refractivity contribution in [1.29, 1.82) is 0 Å². The second-order valence-electron chi connectivity index (χ2n) is 4.87. The Hall–Kier alpha value is -1.15. The second-order valence-corrected chi connectivity index (χ2v) is 6.72. The first-order chi connectivity index (χ1) is 8.12. The molecule has 18 heavy (non-hydrogen) atoms. The molecule has 8 heteroatoms. The third-order valence-corrected chi connectivity index (χ3v) is 4.39. The van der Waals surface area contributed by atoms with Gasteiger partial charge in [0.05, 0.1) is 6.42 Å². The quantitative estimate of drug-likeness (QED) is 0.694. The van der Waals surface area contributed by atoms with Gasteiger partial charge in [0.25, 0.3) is 0 Å². The Morgan fingerprint density at radius 2 is 2.11 bits per heavy atom. The van der Waals surface area contributed by atoms with E-state index in [-0.39, 0.29) is 31.2 Å². The van der Waals surface area contributed by atoms with Crippen LogP contribution in [0.3, 0.4) is 0 Å². The molecule has 0 aliphatic carbocycles. The fourth-order valence-electron chi connectivity index (χ4n) is 2.12. The highest BCUT2D eigenvalue weighted by Gasteiger charge is 2.40. The average molecular weight is 278 g/mol. The summed E-state index contributed by atoms with van der Waals surface area (Å²) < 4.78 is 22.4. The van der Waals surface area contributed by atoms with Crippen LogP contribution in [0, 0.1) is 5.92 Å². The van der Waals surface area contributed by atoms with E-state index >= 15 is 0 Å². The maximum absolute atomic E-state index is 11.8. The van der Waals surface area contributed by atoms with Crippen LogP contribution in [0.15, 0.2) is 0 Å². The first-order valence-electron chi connectivity index (χ1n) is 5.65. The van der Waals surface area contributed by atoms with E-state index in [0.717, 1.165) is 0 Å². The van der Waals surface area contributed by atoms with E-state index < -0.39 is 27.3 Å². The number of hydrogen-bond donors (Lipinski definition) is 2. The molecule has 3 N–H and O–H groups in total. The Morgan fingerprint density at radius 3 is 2.44 bits per heavy atom. The van der Waals surface area contributed by atoms with Crippen LogP contribution in [0.2, 0.25) is 0 Å². The molecule has 0 aromatic heterocycles. The number of carbonyl (C=O) groups is 2. The normalized spacial score (nSPS) is 22.6. The summed E-state index contributed by atoms with van der Waals surface area (Å²) in [6, 6.07) is -0.498. The molecule has 0 aromatic rings. The van der Waals surface area contributed by atoms with Gasteiger partial charge in [0, 0.05) is 19.0 Å². The molecule has 1 heterocycles. The maximum Gasteiger partial charge on any atom is 0.305 e. The number of carboxylic acid groups (broad SMARTS) is 1. The second kappa shape index (κ2) is 5.23. The van der Waals surface area contributed by atoms with E-state index in [1.165, 1.54) is 4.90 Å². The highest BCUT2D eigenvalue weighted by molar-refractivity contribution is 7.89. The van der Waals surface area contributed by atoms with E-state index in [9.17, 15) is 18.0 Å². The van der Waals surface area contributed by atoms with Gasteiger partial charge in [0.1, 0.15) is 5.25 Å². The Kier molecular flexibility index (Phi) is 4.33. The Labute approximate surface area is 106 Å². The molecule has 7 nitrogen and oxygen atoms in total. The summed E-state index contributed by atoms with van der Waals surface area (Å²) in [7, 11) is -3.77. The van der Waals surface area contributed by atoms with E-state index in [1.807, 2.05) is 0 Å². The Bertz CT molecular complexity index is 445. The number of aliphatic carboxylic acids is 1. The number of primary sulfonamides is 1. The predicted molar refractivity (Wildman–Crippen MR) is 64.1 cm³/mol. The number of carboxylic acids is 1. The van der Waals surface area contributed by atoms with Crippen molar-refractivity contribution in [3.63, 3.8) is 0 Å². The summed E-state index contributed by atoms with van der Waals surface area (Å²) in [6.45, 7) is 3.57. The fourth-order valence-corrected chi connectivity index (χ4v) is 2.87. The zero-order chi connectivity index (χ0) is 14.1. The van der Waals surface area contributed by atoms with Gasteiger partial charge in [-0.15, -0.1) is 0 Å². The number of nitrogens with two attached hydrogens (primary N) is 1. The molecule has 104 valence electrons. The van der Waals surface area contributed by atoms with Crippen LogP contribution in [0.25, 0.3) is 0 Å². The first-order valence-corrected chi connectivity index (χ1v) is 7.26. The number of sulfonamides is 1. The highest BCUT2D eigenvalue weighted by Crippen LogP contribution is 2.24. The van der Waals surface area contributed by atoms with Gasteiger partial charge in [-0.25, -0.2) is 13.6 Å². The van der Waals surface area contributed by atoms with Crippen molar-refractivity contribution < 1.29 is 23.1 Å². The molecular weight excluding hydrogens is 260 g/mol. The standard InChI is InChI=1S/C10H18N2O5S/c1-6(2)8(4-10(14)15)12-5-7(3-9(12)13)18(11,16)17/h6-8H,3-5H2,1-2H3,(H,14,15)(H2,11,16,17). The summed E-state index contributed by atoms with van der Waals surface area (Å²) in [5.41, 5.74) is 0. The summed E-state index contributed by atoms with van der Waals surface area (Å²) >= 11 is 0. The Morgan fingerprint density at radius 1 is 1.56 bits per heavy atom. The third-order valence-electron chi connectivity index (χ3n) is 3.14. The van der Waals surface area contributed by atoms with Gasteiger partial charge in [-0.05, 0) is 5.92 Å². The van der Waals surface area contributed by atoms with Crippen LogP contribution < -0.4 is 5.14 Å². The summed E-state index contributed by atoms with van der Waals surface area (Å²) in [5.74, 6) is -1.43. The minimum atomic E-state index is -3.77.